The number of aliphatic hydroxyl groups is 1. The number of aryl methyl sites for hydroxylation is 1. The Morgan fingerprint density at radius 3 is 2.90 bits per heavy atom. The van der Waals surface area contributed by atoms with Crippen LogP contribution in [0.3, 0.4) is 0 Å². The summed E-state index contributed by atoms with van der Waals surface area (Å²) in [6.45, 7) is 1.47. The quantitative estimate of drug-likeness (QED) is 0.837. The first-order valence-corrected chi connectivity index (χ1v) is 6.16. The molecule has 108 valence electrons. The van der Waals surface area contributed by atoms with Crippen molar-refractivity contribution in [1.82, 2.24) is 5.16 Å². The average molecular weight is 286 g/mol. The Morgan fingerprint density at radius 2 is 2.29 bits per heavy atom. The Hall–Kier alpha value is -2.78. The van der Waals surface area contributed by atoms with E-state index < -0.39 is 5.91 Å². The maximum absolute atomic E-state index is 12.1. The van der Waals surface area contributed by atoms with Crippen molar-refractivity contribution < 1.29 is 19.2 Å². The van der Waals surface area contributed by atoms with Gasteiger partial charge in [-0.1, -0.05) is 17.0 Å². The van der Waals surface area contributed by atoms with Gasteiger partial charge in [-0.05, 0) is 25.1 Å². The number of carbonyl (C=O) groups excluding carboxylic acids is 1. The largest absolute Gasteiger partial charge is 0.495 e. The molecule has 2 aromatic rings. The molecule has 6 heteroatoms. The number of methoxy groups -OCH3 is 1. The topological polar surface area (TPSA) is 84.6 Å². The minimum absolute atomic E-state index is 0.182. The standard InChI is InChI=1S/C15H14N2O4/c1-10-8-13(17-21-10)15(19)16-12-9-11(4-3-7-18)5-6-14(12)20-2/h5-6,8-9,18H,7H2,1-2H3,(H,16,19). The summed E-state index contributed by atoms with van der Waals surface area (Å²) >= 11 is 0. The normalized spacial score (nSPS) is 9.67. The summed E-state index contributed by atoms with van der Waals surface area (Å²) in [5.74, 6) is 5.95. The number of benzene rings is 1. The zero-order valence-electron chi connectivity index (χ0n) is 11.6. The van der Waals surface area contributed by atoms with E-state index in [0.29, 0.717) is 22.8 Å². The van der Waals surface area contributed by atoms with E-state index in [4.69, 9.17) is 14.4 Å². The third kappa shape index (κ3) is 3.61. The summed E-state index contributed by atoms with van der Waals surface area (Å²) in [6.07, 6.45) is 0. The first kappa shape index (κ1) is 14.6. The maximum atomic E-state index is 12.1. The van der Waals surface area contributed by atoms with Crippen molar-refractivity contribution in [3.63, 3.8) is 0 Å². The van der Waals surface area contributed by atoms with E-state index in [9.17, 15) is 4.79 Å². The molecule has 0 radical (unpaired) electrons. The number of aromatic nitrogens is 1. The Kier molecular flexibility index (Phi) is 4.59. The van der Waals surface area contributed by atoms with Crippen LogP contribution in [0.1, 0.15) is 21.8 Å². The van der Waals surface area contributed by atoms with Crippen LogP contribution in [0, 0.1) is 18.8 Å². The fraction of sp³-hybridized carbons (Fsp3) is 0.200. The number of ether oxygens (including phenoxy) is 1. The van der Waals surface area contributed by atoms with Gasteiger partial charge >= 0.3 is 0 Å². The van der Waals surface area contributed by atoms with Gasteiger partial charge in [0.1, 0.15) is 18.1 Å². The Morgan fingerprint density at radius 1 is 1.48 bits per heavy atom. The van der Waals surface area contributed by atoms with Crippen LogP contribution in [-0.4, -0.2) is 29.9 Å². The summed E-state index contributed by atoms with van der Waals surface area (Å²) in [5.41, 5.74) is 1.30. The van der Waals surface area contributed by atoms with Crippen LogP contribution in [0.2, 0.25) is 0 Å². The fourth-order valence-electron chi connectivity index (χ4n) is 1.68. The molecule has 6 nitrogen and oxygen atoms in total. The van der Waals surface area contributed by atoms with Crippen molar-refractivity contribution in [2.75, 3.05) is 19.0 Å². The molecule has 0 atom stereocenters. The number of hydrogen-bond donors (Lipinski definition) is 2. The lowest BCUT2D eigenvalue weighted by molar-refractivity contribution is 0.101. The Bertz CT molecular complexity index is 710. The molecule has 0 unspecified atom stereocenters. The highest BCUT2D eigenvalue weighted by atomic mass is 16.5. The molecule has 0 fully saturated rings. The summed E-state index contributed by atoms with van der Waals surface area (Å²) < 4.78 is 10.1. The van der Waals surface area contributed by atoms with Crippen molar-refractivity contribution in [2.45, 2.75) is 6.92 Å². The molecule has 0 saturated carbocycles. The van der Waals surface area contributed by atoms with Gasteiger partial charge in [0, 0.05) is 11.6 Å². The van der Waals surface area contributed by atoms with Crippen molar-refractivity contribution in [3.8, 4) is 17.6 Å². The highest BCUT2D eigenvalue weighted by Crippen LogP contribution is 2.25. The van der Waals surface area contributed by atoms with Gasteiger partial charge in [-0.25, -0.2) is 0 Å². The van der Waals surface area contributed by atoms with Gasteiger partial charge in [0.2, 0.25) is 0 Å². The van der Waals surface area contributed by atoms with Gasteiger partial charge in [0.15, 0.2) is 5.69 Å². The molecular formula is C15H14N2O4. The summed E-state index contributed by atoms with van der Waals surface area (Å²) in [5, 5.41) is 15.0. The van der Waals surface area contributed by atoms with E-state index in [0.717, 1.165) is 0 Å². The number of nitrogens with one attached hydrogen (secondary N) is 1. The molecule has 0 spiro atoms. The lowest BCUT2D eigenvalue weighted by atomic mass is 10.2. The number of nitrogens with zero attached hydrogens (tertiary/aromatic N) is 1. The lowest BCUT2D eigenvalue weighted by Crippen LogP contribution is -2.13. The molecule has 0 aliphatic heterocycles. The smallest absolute Gasteiger partial charge is 0.277 e. The van der Waals surface area contributed by atoms with Crippen LogP contribution in [0.15, 0.2) is 28.8 Å². The fourth-order valence-corrected chi connectivity index (χ4v) is 1.68. The summed E-state index contributed by atoms with van der Waals surface area (Å²) in [7, 11) is 1.50. The van der Waals surface area contributed by atoms with Crippen molar-refractivity contribution in [2.24, 2.45) is 0 Å². The molecular weight excluding hydrogens is 272 g/mol. The third-order valence-corrected chi connectivity index (χ3v) is 2.62. The van der Waals surface area contributed by atoms with Crippen LogP contribution >= 0.6 is 0 Å². The number of amides is 1. The van der Waals surface area contributed by atoms with Crippen molar-refractivity contribution in [1.29, 1.82) is 0 Å². The SMILES string of the molecule is COc1ccc(C#CCO)cc1NC(=O)c1cc(C)on1. The highest BCUT2D eigenvalue weighted by Gasteiger charge is 2.13. The number of aliphatic hydroxyl groups excluding tert-OH is 1. The molecule has 1 heterocycles. The van der Waals surface area contributed by atoms with Crippen LogP contribution in [0.25, 0.3) is 0 Å². The molecule has 1 aromatic heterocycles. The Labute approximate surface area is 121 Å². The molecule has 0 aliphatic carbocycles. The van der Waals surface area contributed by atoms with Crippen LogP contribution in [-0.2, 0) is 0 Å². The minimum Gasteiger partial charge on any atom is -0.495 e. The van der Waals surface area contributed by atoms with Gasteiger partial charge in [-0.2, -0.15) is 0 Å². The van der Waals surface area contributed by atoms with Crippen molar-refractivity contribution >= 4 is 11.6 Å². The van der Waals surface area contributed by atoms with E-state index >= 15 is 0 Å². The Balaban J connectivity index is 2.26. The average Bonchev–Trinajstić information content (AvgIpc) is 2.92. The molecule has 2 rings (SSSR count). The molecule has 21 heavy (non-hydrogen) atoms. The maximum Gasteiger partial charge on any atom is 0.277 e. The van der Waals surface area contributed by atoms with E-state index in [-0.39, 0.29) is 12.3 Å². The number of carbonyl (C=O) groups is 1. The number of rotatable bonds is 3. The van der Waals surface area contributed by atoms with Crippen LogP contribution < -0.4 is 10.1 Å². The van der Waals surface area contributed by atoms with Crippen LogP contribution in [0.5, 0.6) is 5.75 Å². The molecule has 0 aliphatic rings. The van der Waals surface area contributed by atoms with Gasteiger partial charge in [-0.3, -0.25) is 4.79 Å². The molecule has 0 saturated heterocycles. The van der Waals surface area contributed by atoms with Gasteiger partial charge in [0.05, 0.1) is 12.8 Å². The summed E-state index contributed by atoms with van der Waals surface area (Å²) in [6, 6.07) is 6.62. The second kappa shape index (κ2) is 6.59. The van der Waals surface area contributed by atoms with E-state index in [1.807, 2.05) is 0 Å². The molecule has 2 N–H and O–H groups in total. The van der Waals surface area contributed by atoms with Gasteiger partial charge < -0.3 is 19.7 Å². The first-order chi connectivity index (χ1) is 10.1. The van der Waals surface area contributed by atoms with E-state index in [2.05, 4.69) is 22.3 Å². The second-order valence-electron chi connectivity index (χ2n) is 4.15. The third-order valence-electron chi connectivity index (χ3n) is 2.62. The zero-order valence-corrected chi connectivity index (χ0v) is 11.6. The van der Waals surface area contributed by atoms with Gasteiger partial charge in [0.25, 0.3) is 5.91 Å². The number of hydrogen-bond acceptors (Lipinski definition) is 5. The molecule has 0 bridgehead atoms. The van der Waals surface area contributed by atoms with E-state index in [1.165, 1.54) is 13.2 Å². The number of anilines is 1. The van der Waals surface area contributed by atoms with Crippen molar-refractivity contribution in [3.05, 3.63) is 41.3 Å². The van der Waals surface area contributed by atoms with Gasteiger partial charge in [-0.15, -0.1) is 0 Å². The monoisotopic (exact) mass is 286 g/mol. The predicted molar refractivity (Wildman–Crippen MR) is 76.2 cm³/mol. The minimum atomic E-state index is -0.405. The van der Waals surface area contributed by atoms with E-state index in [1.54, 1.807) is 25.1 Å². The zero-order chi connectivity index (χ0) is 15.2. The second-order valence-corrected chi connectivity index (χ2v) is 4.15. The lowest BCUT2D eigenvalue weighted by Gasteiger charge is -2.09. The molecule has 1 amide bonds. The molecule has 1 aromatic carbocycles. The van der Waals surface area contributed by atoms with Crippen LogP contribution in [0.4, 0.5) is 5.69 Å². The predicted octanol–water partition coefficient (Wildman–Crippen LogP) is 1.59. The summed E-state index contributed by atoms with van der Waals surface area (Å²) in [4.78, 5) is 12.1. The highest BCUT2D eigenvalue weighted by molar-refractivity contribution is 6.03. The first-order valence-electron chi connectivity index (χ1n) is 6.16.